The molecule has 0 amide bonds. The Morgan fingerprint density at radius 2 is 2.20 bits per heavy atom. The molecule has 2 rings (SSSR count). The summed E-state index contributed by atoms with van der Waals surface area (Å²) in [5, 5.41) is 13.8. The average molecular weight is 372 g/mol. The molecule has 1 atom stereocenters. The first-order valence-electron chi connectivity index (χ1n) is 8.20. The standard InChI is InChI=1S/C17H23ClFN3O3/c1-12(2)22(9-5-8-19)10-13(23)11-24-21-16(18)17-20-14-6-3-4-7-15(14)25-17/h3-4,6-7,12-13,23H,5,8-11H2,1-2H3/b21-16-. The molecular formula is C17H23ClFN3O3. The molecule has 0 radical (unpaired) electrons. The number of hydrogen-bond acceptors (Lipinski definition) is 6. The topological polar surface area (TPSA) is 71.1 Å². The van der Waals surface area contributed by atoms with Gasteiger partial charge in [0, 0.05) is 19.1 Å². The Hall–Kier alpha value is -1.70. The van der Waals surface area contributed by atoms with Crippen LogP contribution in [0.5, 0.6) is 0 Å². The van der Waals surface area contributed by atoms with Crippen LogP contribution in [-0.4, -0.2) is 58.7 Å². The highest BCUT2D eigenvalue weighted by Crippen LogP contribution is 2.16. The molecule has 0 spiro atoms. The van der Waals surface area contributed by atoms with E-state index in [0.29, 0.717) is 30.6 Å². The van der Waals surface area contributed by atoms with Crippen LogP contribution in [0.1, 0.15) is 26.2 Å². The molecule has 25 heavy (non-hydrogen) atoms. The van der Waals surface area contributed by atoms with Crippen molar-refractivity contribution in [2.45, 2.75) is 32.4 Å². The quantitative estimate of drug-likeness (QED) is 0.513. The van der Waals surface area contributed by atoms with Crippen molar-refractivity contribution in [1.29, 1.82) is 0 Å². The van der Waals surface area contributed by atoms with Crippen LogP contribution in [0, 0.1) is 0 Å². The summed E-state index contributed by atoms with van der Waals surface area (Å²) >= 11 is 6.02. The summed E-state index contributed by atoms with van der Waals surface area (Å²) in [7, 11) is 0. The van der Waals surface area contributed by atoms with Crippen molar-refractivity contribution in [2.24, 2.45) is 5.16 Å². The van der Waals surface area contributed by atoms with E-state index in [1.165, 1.54) is 0 Å². The maximum absolute atomic E-state index is 12.3. The zero-order valence-corrected chi connectivity index (χ0v) is 15.1. The van der Waals surface area contributed by atoms with Crippen molar-refractivity contribution in [3.8, 4) is 0 Å². The Balaban J connectivity index is 1.86. The second-order valence-corrected chi connectivity index (χ2v) is 6.31. The summed E-state index contributed by atoms with van der Waals surface area (Å²) in [5.41, 5.74) is 1.28. The molecule has 1 N–H and O–H groups in total. The van der Waals surface area contributed by atoms with E-state index in [0.717, 1.165) is 0 Å². The lowest BCUT2D eigenvalue weighted by Crippen LogP contribution is -2.39. The molecule has 1 aromatic carbocycles. The van der Waals surface area contributed by atoms with Crippen LogP contribution >= 0.6 is 11.6 Å². The fourth-order valence-corrected chi connectivity index (χ4v) is 2.46. The molecule has 1 heterocycles. The summed E-state index contributed by atoms with van der Waals surface area (Å²) < 4.78 is 17.8. The van der Waals surface area contributed by atoms with Gasteiger partial charge >= 0.3 is 0 Å². The predicted octanol–water partition coefficient (Wildman–Crippen LogP) is 3.18. The Morgan fingerprint density at radius 3 is 2.88 bits per heavy atom. The number of nitrogens with zero attached hydrogens (tertiary/aromatic N) is 3. The van der Waals surface area contributed by atoms with Crippen LogP contribution in [0.3, 0.4) is 0 Å². The lowest BCUT2D eigenvalue weighted by Gasteiger charge is -2.27. The number of rotatable bonds is 10. The van der Waals surface area contributed by atoms with Crippen molar-refractivity contribution >= 4 is 27.9 Å². The van der Waals surface area contributed by atoms with E-state index < -0.39 is 6.10 Å². The molecule has 0 aliphatic rings. The van der Waals surface area contributed by atoms with Crippen LogP contribution in [0.25, 0.3) is 11.1 Å². The second kappa shape index (κ2) is 9.70. The maximum atomic E-state index is 12.3. The summed E-state index contributed by atoms with van der Waals surface area (Å²) in [6, 6.07) is 7.45. The number of oxime groups is 1. The minimum absolute atomic E-state index is 0.0263. The molecule has 2 aromatic rings. The highest BCUT2D eigenvalue weighted by molar-refractivity contribution is 6.68. The van der Waals surface area contributed by atoms with Gasteiger partial charge in [0.2, 0.25) is 5.17 Å². The first kappa shape index (κ1) is 19.6. The largest absolute Gasteiger partial charge is 0.434 e. The maximum Gasteiger partial charge on any atom is 0.261 e. The first-order chi connectivity index (χ1) is 12.0. The van der Waals surface area contributed by atoms with Gasteiger partial charge in [-0.05, 0) is 32.4 Å². The zero-order valence-electron chi connectivity index (χ0n) is 14.4. The number of aliphatic hydroxyl groups is 1. The first-order valence-corrected chi connectivity index (χ1v) is 8.58. The normalized spacial score (nSPS) is 13.8. The van der Waals surface area contributed by atoms with Gasteiger partial charge < -0.3 is 14.4 Å². The molecule has 1 aromatic heterocycles. The third kappa shape index (κ3) is 5.95. The van der Waals surface area contributed by atoms with Crippen LogP contribution in [0.15, 0.2) is 33.8 Å². The molecular weight excluding hydrogens is 349 g/mol. The summed E-state index contributed by atoms with van der Waals surface area (Å²) in [6.45, 7) is 4.53. The molecule has 0 bridgehead atoms. The molecule has 6 nitrogen and oxygen atoms in total. The molecule has 0 saturated carbocycles. The molecule has 0 aliphatic heterocycles. The number of hydrogen-bond donors (Lipinski definition) is 1. The monoisotopic (exact) mass is 371 g/mol. The minimum atomic E-state index is -0.765. The van der Waals surface area contributed by atoms with Gasteiger partial charge in [0.25, 0.3) is 5.89 Å². The fourth-order valence-electron chi connectivity index (χ4n) is 2.33. The molecule has 0 fully saturated rings. The second-order valence-electron chi connectivity index (χ2n) is 5.95. The molecule has 0 saturated heterocycles. The average Bonchev–Trinajstić information content (AvgIpc) is 3.02. The number of oxazole rings is 1. The van der Waals surface area contributed by atoms with Gasteiger partial charge in [-0.15, -0.1) is 0 Å². The van der Waals surface area contributed by atoms with E-state index in [-0.39, 0.29) is 30.4 Å². The van der Waals surface area contributed by atoms with Crippen molar-refractivity contribution < 1.29 is 18.8 Å². The van der Waals surface area contributed by atoms with Crippen LogP contribution in [0.4, 0.5) is 4.39 Å². The van der Waals surface area contributed by atoms with E-state index >= 15 is 0 Å². The number of aliphatic hydroxyl groups excluding tert-OH is 1. The number of fused-ring (bicyclic) bond motifs is 1. The SMILES string of the molecule is CC(C)N(CCCF)CC(O)CO/N=C(\Cl)c1nc2ccccc2o1. The van der Waals surface area contributed by atoms with Gasteiger partial charge in [0.1, 0.15) is 18.2 Å². The van der Waals surface area contributed by atoms with E-state index in [2.05, 4.69) is 10.1 Å². The van der Waals surface area contributed by atoms with Gasteiger partial charge in [-0.2, -0.15) is 0 Å². The lowest BCUT2D eigenvalue weighted by molar-refractivity contribution is 0.0129. The van der Waals surface area contributed by atoms with E-state index in [4.69, 9.17) is 20.9 Å². The smallest absolute Gasteiger partial charge is 0.261 e. The summed E-state index contributed by atoms with van der Waals surface area (Å²) in [4.78, 5) is 11.3. The van der Waals surface area contributed by atoms with Crippen LogP contribution in [-0.2, 0) is 4.84 Å². The third-order valence-electron chi connectivity index (χ3n) is 3.64. The van der Waals surface area contributed by atoms with Crippen molar-refractivity contribution in [2.75, 3.05) is 26.4 Å². The van der Waals surface area contributed by atoms with E-state index in [9.17, 15) is 9.50 Å². The minimum Gasteiger partial charge on any atom is -0.434 e. The highest BCUT2D eigenvalue weighted by Gasteiger charge is 2.16. The van der Waals surface area contributed by atoms with E-state index in [1.807, 2.05) is 30.9 Å². The lowest BCUT2D eigenvalue weighted by atomic mass is 10.2. The number of para-hydroxylation sites is 2. The fraction of sp³-hybridized carbons (Fsp3) is 0.529. The highest BCUT2D eigenvalue weighted by atomic mass is 35.5. The third-order valence-corrected chi connectivity index (χ3v) is 3.87. The Kier molecular flexibility index (Phi) is 7.61. The molecule has 138 valence electrons. The number of benzene rings is 1. The summed E-state index contributed by atoms with van der Waals surface area (Å²) in [5.74, 6) is 0.157. The van der Waals surface area contributed by atoms with Crippen molar-refractivity contribution in [3.05, 3.63) is 30.2 Å². The predicted molar refractivity (Wildman–Crippen MR) is 95.7 cm³/mol. The number of alkyl halides is 1. The number of aromatic nitrogens is 1. The van der Waals surface area contributed by atoms with Crippen LogP contribution < -0.4 is 0 Å². The van der Waals surface area contributed by atoms with Gasteiger partial charge in [0.15, 0.2) is 5.58 Å². The Labute approximate surface area is 151 Å². The van der Waals surface area contributed by atoms with Gasteiger partial charge in [-0.3, -0.25) is 9.29 Å². The van der Waals surface area contributed by atoms with Gasteiger partial charge in [0.05, 0.1) is 6.67 Å². The van der Waals surface area contributed by atoms with Gasteiger partial charge in [-0.1, -0.05) is 28.9 Å². The zero-order chi connectivity index (χ0) is 18.2. The Morgan fingerprint density at radius 1 is 1.44 bits per heavy atom. The van der Waals surface area contributed by atoms with Crippen molar-refractivity contribution in [3.63, 3.8) is 0 Å². The van der Waals surface area contributed by atoms with Gasteiger partial charge in [-0.25, -0.2) is 4.98 Å². The summed E-state index contributed by atoms with van der Waals surface area (Å²) in [6.07, 6.45) is -0.327. The Bertz CT molecular complexity index is 660. The molecule has 8 heteroatoms. The van der Waals surface area contributed by atoms with Crippen molar-refractivity contribution in [1.82, 2.24) is 9.88 Å². The molecule has 1 unspecified atom stereocenters. The van der Waals surface area contributed by atoms with E-state index in [1.54, 1.807) is 12.1 Å². The number of halogens is 2. The van der Waals surface area contributed by atoms with Crippen LogP contribution in [0.2, 0.25) is 0 Å². The molecule has 0 aliphatic carbocycles.